The molecule has 3 atom stereocenters. The second-order valence-electron chi connectivity index (χ2n) is 7.71. The van der Waals surface area contributed by atoms with Gasteiger partial charge in [0.2, 0.25) is 5.91 Å². The summed E-state index contributed by atoms with van der Waals surface area (Å²) in [5.41, 5.74) is 0. The number of allylic oxidation sites excluding steroid dienone is 2. The molecule has 0 aromatic heterocycles. The molecule has 1 amide bonds. The van der Waals surface area contributed by atoms with Crippen molar-refractivity contribution in [2.75, 3.05) is 18.9 Å². The lowest BCUT2D eigenvalue weighted by molar-refractivity contribution is -0.128. The molecule has 5 nitrogen and oxygen atoms in total. The molecular weight excluding hydrogens is 418 g/mol. The predicted octanol–water partition coefficient (Wildman–Crippen LogP) is 3.58. The summed E-state index contributed by atoms with van der Waals surface area (Å²) >= 11 is 7.65. The van der Waals surface area contributed by atoms with Crippen LogP contribution in [0.1, 0.15) is 51.4 Å². The number of thioether (sulfide) groups is 1. The molecule has 0 saturated heterocycles. The van der Waals surface area contributed by atoms with Crippen LogP contribution in [0.2, 0.25) is 0 Å². The van der Waals surface area contributed by atoms with Crippen LogP contribution >= 0.6 is 23.4 Å². The molecular formula is C20H30ClNO4S2. The highest BCUT2D eigenvalue weighted by molar-refractivity contribution is 8.05. The SMILES string of the molecule is O=C(COC1CCCCC1)NCC(C1=CCCS1)S(=O)(=O)C1C=CC(Cl)CC1. The van der Waals surface area contributed by atoms with E-state index in [0.717, 1.165) is 42.8 Å². The lowest BCUT2D eigenvalue weighted by Gasteiger charge is -2.26. The molecule has 8 heteroatoms. The van der Waals surface area contributed by atoms with Gasteiger partial charge in [0.15, 0.2) is 9.84 Å². The van der Waals surface area contributed by atoms with Crippen LogP contribution in [0.15, 0.2) is 23.1 Å². The van der Waals surface area contributed by atoms with Gasteiger partial charge in [-0.1, -0.05) is 37.5 Å². The van der Waals surface area contributed by atoms with E-state index in [1.807, 2.05) is 6.08 Å². The molecule has 28 heavy (non-hydrogen) atoms. The van der Waals surface area contributed by atoms with Crippen molar-refractivity contribution in [3.8, 4) is 0 Å². The van der Waals surface area contributed by atoms with Crippen molar-refractivity contribution in [1.82, 2.24) is 5.32 Å². The molecule has 0 spiro atoms. The number of rotatable bonds is 8. The zero-order chi connectivity index (χ0) is 20.0. The van der Waals surface area contributed by atoms with Crippen molar-refractivity contribution in [3.05, 3.63) is 23.1 Å². The van der Waals surface area contributed by atoms with Crippen molar-refractivity contribution in [2.45, 2.75) is 73.3 Å². The van der Waals surface area contributed by atoms with Gasteiger partial charge in [-0.2, -0.15) is 0 Å². The topological polar surface area (TPSA) is 72.5 Å². The molecule has 1 heterocycles. The second kappa shape index (κ2) is 10.5. The van der Waals surface area contributed by atoms with Gasteiger partial charge in [-0.3, -0.25) is 4.79 Å². The Labute approximate surface area is 177 Å². The van der Waals surface area contributed by atoms with Gasteiger partial charge >= 0.3 is 0 Å². The van der Waals surface area contributed by atoms with Gasteiger partial charge in [0.1, 0.15) is 11.9 Å². The van der Waals surface area contributed by atoms with E-state index in [9.17, 15) is 13.2 Å². The smallest absolute Gasteiger partial charge is 0.246 e. The number of alkyl halides is 1. The highest BCUT2D eigenvalue weighted by Gasteiger charge is 2.37. The normalized spacial score (nSPS) is 27.4. The van der Waals surface area contributed by atoms with Crippen molar-refractivity contribution < 1.29 is 17.9 Å². The number of halogens is 1. The third kappa shape index (κ3) is 6.00. The van der Waals surface area contributed by atoms with Crippen LogP contribution in [0.25, 0.3) is 0 Å². The lowest BCUT2D eigenvalue weighted by Crippen LogP contribution is -2.43. The zero-order valence-corrected chi connectivity index (χ0v) is 18.5. The minimum absolute atomic E-state index is 0.000877. The highest BCUT2D eigenvalue weighted by Crippen LogP contribution is 2.34. The molecule has 1 saturated carbocycles. The Hall–Kier alpha value is -0.500. The van der Waals surface area contributed by atoms with Crippen LogP contribution in [0.5, 0.6) is 0 Å². The summed E-state index contributed by atoms with van der Waals surface area (Å²) in [6, 6.07) is 0. The van der Waals surface area contributed by atoms with Gasteiger partial charge in [0.25, 0.3) is 0 Å². The van der Waals surface area contributed by atoms with Gasteiger partial charge in [-0.05, 0) is 32.1 Å². The third-order valence-electron chi connectivity index (χ3n) is 5.62. The summed E-state index contributed by atoms with van der Waals surface area (Å²) in [6.07, 6.45) is 13.2. The van der Waals surface area contributed by atoms with Crippen LogP contribution in [-0.4, -0.2) is 55.2 Å². The molecule has 0 aromatic rings. The standard InChI is InChI=1S/C20H30ClNO4S2/c21-15-8-10-17(11-9-15)28(24,25)19(18-7-4-12-27-18)13-22-20(23)14-26-16-5-2-1-3-6-16/h7-8,10,15-17,19H,1-6,9,11-14H2,(H,22,23). The summed E-state index contributed by atoms with van der Waals surface area (Å²) < 4.78 is 32.2. The monoisotopic (exact) mass is 447 g/mol. The molecule has 1 fully saturated rings. The van der Waals surface area contributed by atoms with E-state index >= 15 is 0 Å². The maximum Gasteiger partial charge on any atom is 0.246 e. The summed E-state index contributed by atoms with van der Waals surface area (Å²) in [5, 5.41) is 1.48. The quantitative estimate of drug-likeness (QED) is 0.454. The molecule has 1 N–H and O–H groups in total. The van der Waals surface area contributed by atoms with Crippen molar-refractivity contribution >= 4 is 39.1 Å². The maximum absolute atomic E-state index is 13.3. The number of amides is 1. The Bertz CT molecular complexity index is 701. The van der Waals surface area contributed by atoms with E-state index in [1.165, 1.54) is 6.42 Å². The molecule has 158 valence electrons. The lowest BCUT2D eigenvalue weighted by atomic mass is 9.98. The predicted molar refractivity (Wildman–Crippen MR) is 116 cm³/mol. The Morgan fingerprint density at radius 2 is 2.00 bits per heavy atom. The van der Waals surface area contributed by atoms with Crippen LogP contribution < -0.4 is 5.32 Å². The van der Waals surface area contributed by atoms with Crippen LogP contribution in [0, 0.1) is 0 Å². The number of hydrogen-bond acceptors (Lipinski definition) is 5. The van der Waals surface area contributed by atoms with Gasteiger partial charge < -0.3 is 10.1 Å². The Morgan fingerprint density at radius 3 is 2.64 bits per heavy atom. The van der Waals surface area contributed by atoms with E-state index < -0.39 is 20.3 Å². The molecule has 0 radical (unpaired) electrons. The third-order valence-corrected chi connectivity index (χ3v) is 9.80. The summed E-state index contributed by atoms with van der Waals surface area (Å²) in [6.45, 7) is 0.101. The number of sulfone groups is 1. The van der Waals surface area contributed by atoms with Gasteiger partial charge in [0.05, 0.1) is 16.7 Å². The first-order chi connectivity index (χ1) is 13.5. The fraction of sp³-hybridized carbons (Fsp3) is 0.750. The fourth-order valence-electron chi connectivity index (χ4n) is 3.97. The molecule has 0 aromatic carbocycles. The molecule has 3 rings (SSSR count). The Balaban J connectivity index is 1.59. The van der Waals surface area contributed by atoms with E-state index in [4.69, 9.17) is 16.3 Å². The van der Waals surface area contributed by atoms with E-state index in [1.54, 1.807) is 23.9 Å². The number of hydrogen-bond donors (Lipinski definition) is 1. The zero-order valence-electron chi connectivity index (χ0n) is 16.1. The first-order valence-corrected chi connectivity index (χ1v) is 13.3. The average Bonchev–Trinajstić information content (AvgIpc) is 3.22. The number of ether oxygens (including phenoxy) is 1. The van der Waals surface area contributed by atoms with Gasteiger partial charge in [-0.15, -0.1) is 23.4 Å². The summed E-state index contributed by atoms with van der Waals surface area (Å²) in [5.74, 6) is 0.652. The molecule has 3 aliphatic rings. The van der Waals surface area contributed by atoms with E-state index in [0.29, 0.717) is 12.8 Å². The first-order valence-electron chi connectivity index (χ1n) is 10.2. The summed E-state index contributed by atoms with van der Waals surface area (Å²) in [7, 11) is -3.45. The van der Waals surface area contributed by atoms with Crippen LogP contribution in [-0.2, 0) is 19.4 Å². The van der Waals surface area contributed by atoms with Crippen molar-refractivity contribution in [3.63, 3.8) is 0 Å². The maximum atomic E-state index is 13.3. The Morgan fingerprint density at radius 1 is 1.21 bits per heavy atom. The summed E-state index contributed by atoms with van der Waals surface area (Å²) in [4.78, 5) is 13.1. The molecule has 1 aliphatic heterocycles. The average molecular weight is 448 g/mol. The van der Waals surface area contributed by atoms with E-state index in [-0.39, 0.29) is 30.5 Å². The highest BCUT2D eigenvalue weighted by atomic mass is 35.5. The van der Waals surface area contributed by atoms with Gasteiger partial charge in [0, 0.05) is 17.2 Å². The van der Waals surface area contributed by atoms with E-state index in [2.05, 4.69) is 5.32 Å². The fourth-order valence-corrected chi connectivity index (χ4v) is 7.69. The van der Waals surface area contributed by atoms with Crippen molar-refractivity contribution in [2.24, 2.45) is 0 Å². The molecule has 2 aliphatic carbocycles. The first kappa shape index (κ1) is 22.2. The Kier molecular flexibility index (Phi) is 8.33. The van der Waals surface area contributed by atoms with Gasteiger partial charge in [-0.25, -0.2) is 8.42 Å². The molecule has 3 unspecified atom stereocenters. The minimum atomic E-state index is -3.45. The largest absolute Gasteiger partial charge is 0.368 e. The van der Waals surface area contributed by atoms with Crippen molar-refractivity contribution in [1.29, 1.82) is 0 Å². The van der Waals surface area contributed by atoms with Crippen LogP contribution in [0.3, 0.4) is 0 Å². The van der Waals surface area contributed by atoms with Crippen LogP contribution in [0.4, 0.5) is 0 Å². The number of carbonyl (C=O) groups excluding carboxylic acids is 1. The molecule has 0 bridgehead atoms. The minimum Gasteiger partial charge on any atom is -0.368 e. The number of carbonyl (C=O) groups is 1. The second-order valence-corrected chi connectivity index (χ2v) is 11.8. The number of nitrogens with one attached hydrogen (secondary N) is 1.